The summed E-state index contributed by atoms with van der Waals surface area (Å²) < 4.78 is 6.29. The van der Waals surface area contributed by atoms with Crippen LogP contribution in [0.1, 0.15) is 5.76 Å². The molecule has 0 saturated carbocycles. The number of rotatable bonds is 3. The monoisotopic (exact) mass is 283 g/mol. The van der Waals surface area contributed by atoms with Crippen LogP contribution in [0.15, 0.2) is 50.4 Å². The summed E-state index contributed by atoms with van der Waals surface area (Å²) in [5.41, 5.74) is 6.66. The van der Waals surface area contributed by atoms with Crippen LogP contribution in [0.3, 0.4) is 0 Å². The Morgan fingerprint density at radius 2 is 2.20 bits per heavy atom. The SMILES string of the molecule is Nc1ccc(Br)cc1SCc1ccco1. The number of anilines is 1. The topological polar surface area (TPSA) is 39.2 Å². The molecule has 0 atom stereocenters. The molecular formula is C11H10BrNOS. The highest BCUT2D eigenvalue weighted by atomic mass is 79.9. The first-order chi connectivity index (χ1) is 7.25. The molecule has 0 unspecified atom stereocenters. The van der Waals surface area contributed by atoms with Crippen LogP contribution in [0, 0.1) is 0 Å². The molecule has 0 amide bonds. The molecule has 2 aromatic rings. The van der Waals surface area contributed by atoms with Crippen molar-refractivity contribution < 1.29 is 4.42 Å². The van der Waals surface area contributed by atoms with E-state index in [1.54, 1.807) is 18.0 Å². The van der Waals surface area contributed by atoms with E-state index in [1.165, 1.54) is 0 Å². The van der Waals surface area contributed by atoms with Crippen LogP contribution in [0.2, 0.25) is 0 Å². The van der Waals surface area contributed by atoms with E-state index in [9.17, 15) is 0 Å². The maximum Gasteiger partial charge on any atom is 0.113 e. The molecule has 15 heavy (non-hydrogen) atoms. The molecule has 1 heterocycles. The average molecular weight is 284 g/mol. The highest BCUT2D eigenvalue weighted by Crippen LogP contribution is 2.30. The third kappa shape index (κ3) is 2.79. The van der Waals surface area contributed by atoms with Crippen molar-refractivity contribution in [2.45, 2.75) is 10.6 Å². The lowest BCUT2D eigenvalue weighted by molar-refractivity contribution is 0.530. The van der Waals surface area contributed by atoms with Gasteiger partial charge in [0.15, 0.2) is 0 Å². The van der Waals surface area contributed by atoms with Crippen LogP contribution >= 0.6 is 27.7 Å². The molecule has 1 aromatic carbocycles. The van der Waals surface area contributed by atoms with E-state index in [1.807, 2.05) is 30.3 Å². The number of hydrogen-bond donors (Lipinski definition) is 1. The molecule has 0 radical (unpaired) electrons. The summed E-state index contributed by atoms with van der Waals surface area (Å²) in [4.78, 5) is 1.07. The molecular weight excluding hydrogens is 274 g/mol. The number of nitrogen functional groups attached to an aromatic ring is 1. The van der Waals surface area contributed by atoms with Gasteiger partial charge in [0.1, 0.15) is 5.76 Å². The van der Waals surface area contributed by atoms with Crippen molar-refractivity contribution in [3.63, 3.8) is 0 Å². The van der Waals surface area contributed by atoms with Crippen molar-refractivity contribution >= 4 is 33.4 Å². The van der Waals surface area contributed by atoms with Crippen molar-refractivity contribution in [1.82, 2.24) is 0 Å². The second-order valence-electron chi connectivity index (χ2n) is 3.05. The van der Waals surface area contributed by atoms with E-state index in [4.69, 9.17) is 10.2 Å². The van der Waals surface area contributed by atoms with E-state index < -0.39 is 0 Å². The van der Waals surface area contributed by atoms with E-state index in [2.05, 4.69) is 15.9 Å². The number of nitrogens with two attached hydrogens (primary N) is 1. The zero-order valence-electron chi connectivity index (χ0n) is 7.94. The van der Waals surface area contributed by atoms with Crippen LogP contribution in [-0.4, -0.2) is 0 Å². The van der Waals surface area contributed by atoms with Gasteiger partial charge in [0, 0.05) is 15.1 Å². The minimum atomic E-state index is 0.799. The van der Waals surface area contributed by atoms with Gasteiger partial charge in [-0.2, -0.15) is 0 Å². The fourth-order valence-corrected chi connectivity index (χ4v) is 2.60. The number of thioether (sulfide) groups is 1. The zero-order chi connectivity index (χ0) is 10.7. The fraction of sp³-hybridized carbons (Fsp3) is 0.0909. The van der Waals surface area contributed by atoms with Gasteiger partial charge >= 0.3 is 0 Å². The first kappa shape index (κ1) is 10.6. The van der Waals surface area contributed by atoms with E-state index in [0.29, 0.717) is 0 Å². The van der Waals surface area contributed by atoms with Gasteiger partial charge < -0.3 is 10.2 Å². The van der Waals surface area contributed by atoms with Gasteiger partial charge in [-0.05, 0) is 30.3 Å². The van der Waals surface area contributed by atoms with Gasteiger partial charge in [-0.3, -0.25) is 0 Å². The standard InChI is InChI=1S/C11H10BrNOS/c12-8-3-4-10(13)11(6-8)15-7-9-2-1-5-14-9/h1-6H,7,13H2. The smallest absolute Gasteiger partial charge is 0.113 e. The second-order valence-corrected chi connectivity index (χ2v) is 4.98. The number of halogens is 1. The van der Waals surface area contributed by atoms with Gasteiger partial charge in [-0.15, -0.1) is 11.8 Å². The van der Waals surface area contributed by atoms with Crippen LogP contribution in [0.5, 0.6) is 0 Å². The Bertz CT molecular complexity index is 442. The molecule has 0 aliphatic rings. The lowest BCUT2D eigenvalue weighted by Gasteiger charge is -2.04. The molecule has 0 saturated heterocycles. The zero-order valence-corrected chi connectivity index (χ0v) is 10.3. The molecule has 2 N–H and O–H groups in total. The molecule has 0 bridgehead atoms. The third-order valence-electron chi connectivity index (χ3n) is 1.93. The Morgan fingerprint density at radius 1 is 1.33 bits per heavy atom. The normalized spacial score (nSPS) is 10.5. The Morgan fingerprint density at radius 3 is 2.93 bits per heavy atom. The molecule has 0 aliphatic carbocycles. The van der Waals surface area contributed by atoms with Gasteiger partial charge in [0.05, 0.1) is 12.0 Å². The predicted octanol–water partition coefficient (Wildman–Crippen LogP) is 3.92. The van der Waals surface area contributed by atoms with Crippen molar-refractivity contribution in [2.75, 3.05) is 5.73 Å². The first-order valence-corrected chi connectivity index (χ1v) is 6.24. The average Bonchev–Trinajstić information content (AvgIpc) is 2.72. The summed E-state index contributed by atoms with van der Waals surface area (Å²) in [5.74, 6) is 1.76. The molecule has 78 valence electrons. The summed E-state index contributed by atoms with van der Waals surface area (Å²) in [6, 6.07) is 9.70. The minimum Gasteiger partial charge on any atom is -0.468 e. The first-order valence-electron chi connectivity index (χ1n) is 4.46. The van der Waals surface area contributed by atoms with Crippen molar-refractivity contribution in [1.29, 1.82) is 0 Å². The Kier molecular flexibility index (Phi) is 3.38. The molecule has 2 nitrogen and oxygen atoms in total. The van der Waals surface area contributed by atoms with Crippen LogP contribution in [0.25, 0.3) is 0 Å². The van der Waals surface area contributed by atoms with E-state index in [-0.39, 0.29) is 0 Å². The van der Waals surface area contributed by atoms with E-state index >= 15 is 0 Å². The van der Waals surface area contributed by atoms with Crippen molar-refractivity contribution in [2.24, 2.45) is 0 Å². The van der Waals surface area contributed by atoms with Crippen LogP contribution < -0.4 is 5.73 Å². The molecule has 1 aromatic heterocycles. The number of hydrogen-bond acceptors (Lipinski definition) is 3. The predicted molar refractivity (Wildman–Crippen MR) is 66.8 cm³/mol. The number of benzene rings is 1. The Labute approximate surface area is 101 Å². The molecule has 0 aliphatic heterocycles. The van der Waals surface area contributed by atoms with E-state index in [0.717, 1.165) is 26.6 Å². The molecule has 0 spiro atoms. The van der Waals surface area contributed by atoms with Gasteiger partial charge in [0.25, 0.3) is 0 Å². The Balaban J connectivity index is 2.07. The van der Waals surface area contributed by atoms with Gasteiger partial charge in [0.2, 0.25) is 0 Å². The summed E-state index contributed by atoms with van der Waals surface area (Å²) in [5, 5.41) is 0. The Hall–Kier alpha value is -0.870. The summed E-state index contributed by atoms with van der Waals surface area (Å²) in [7, 11) is 0. The maximum atomic E-state index is 5.86. The lowest BCUT2D eigenvalue weighted by atomic mass is 10.3. The highest BCUT2D eigenvalue weighted by Gasteiger charge is 2.02. The summed E-state index contributed by atoms with van der Waals surface area (Å²) in [6.45, 7) is 0. The minimum absolute atomic E-state index is 0.799. The van der Waals surface area contributed by atoms with Crippen molar-refractivity contribution in [3.05, 3.63) is 46.8 Å². The second kappa shape index (κ2) is 4.77. The van der Waals surface area contributed by atoms with Gasteiger partial charge in [-0.1, -0.05) is 15.9 Å². The van der Waals surface area contributed by atoms with Crippen LogP contribution in [0.4, 0.5) is 5.69 Å². The highest BCUT2D eigenvalue weighted by molar-refractivity contribution is 9.10. The van der Waals surface area contributed by atoms with Crippen molar-refractivity contribution in [3.8, 4) is 0 Å². The fourth-order valence-electron chi connectivity index (χ4n) is 1.18. The quantitative estimate of drug-likeness (QED) is 0.686. The largest absolute Gasteiger partial charge is 0.468 e. The summed E-state index contributed by atoms with van der Waals surface area (Å²) in [6.07, 6.45) is 1.68. The number of furan rings is 1. The van der Waals surface area contributed by atoms with Gasteiger partial charge in [-0.25, -0.2) is 0 Å². The summed E-state index contributed by atoms with van der Waals surface area (Å²) >= 11 is 5.09. The van der Waals surface area contributed by atoms with Crippen LogP contribution in [-0.2, 0) is 5.75 Å². The molecule has 2 rings (SSSR count). The maximum absolute atomic E-state index is 5.86. The molecule has 0 fully saturated rings. The molecule has 4 heteroatoms. The lowest BCUT2D eigenvalue weighted by Crippen LogP contribution is -1.88. The third-order valence-corrected chi connectivity index (χ3v) is 3.51.